The van der Waals surface area contributed by atoms with Crippen LogP contribution in [-0.4, -0.2) is 30.6 Å². The Bertz CT molecular complexity index is 354. The van der Waals surface area contributed by atoms with Gasteiger partial charge in [0.05, 0.1) is 12.7 Å². The number of hydrogen-bond donors (Lipinski definition) is 0. The molecule has 3 heteroatoms. The van der Waals surface area contributed by atoms with E-state index in [0.29, 0.717) is 6.04 Å². The molecule has 0 aliphatic carbocycles. The zero-order chi connectivity index (χ0) is 11.5. The monoisotopic (exact) mass is 223 g/mol. The van der Waals surface area contributed by atoms with Gasteiger partial charge in [-0.05, 0) is 31.5 Å². The van der Waals surface area contributed by atoms with E-state index in [1.165, 1.54) is 6.07 Å². The average molecular weight is 223 g/mol. The van der Waals surface area contributed by atoms with Gasteiger partial charge in [0.1, 0.15) is 5.82 Å². The summed E-state index contributed by atoms with van der Waals surface area (Å²) in [6.07, 6.45) is 0.00634. The lowest BCUT2D eigenvalue weighted by atomic mass is 10.1. The van der Waals surface area contributed by atoms with Crippen molar-refractivity contribution in [2.45, 2.75) is 26.0 Å². The Morgan fingerprint density at radius 1 is 1.44 bits per heavy atom. The lowest BCUT2D eigenvalue weighted by Gasteiger charge is -2.35. The van der Waals surface area contributed by atoms with Crippen molar-refractivity contribution in [1.82, 2.24) is 4.90 Å². The van der Waals surface area contributed by atoms with E-state index in [1.807, 2.05) is 6.07 Å². The van der Waals surface area contributed by atoms with E-state index in [1.54, 1.807) is 12.1 Å². The molecule has 0 N–H and O–H groups in total. The number of hydrogen-bond acceptors (Lipinski definition) is 2. The molecular weight excluding hydrogens is 205 g/mol. The highest BCUT2D eigenvalue weighted by molar-refractivity contribution is 5.19. The first kappa shape index (κ1) is 11.6. The molecule has 0 saturated carbocycles. The predicted octanol–water partition coefficient (Wildman–Crippen LogP) is 2.61. The number of halogens is 1. The van der Waals surface area contributed by atoms with Crippen molar-refractivity contribution < 1.29 is 9.13 Å². The van der Waals surface area contributed by atoms with Crippen molar-refractivity contribution >= 4 is 0 Å². The summed E-state index contributed by atoms with van der Waals surface area (Å²) in [5.41, 5.74) is 0.936. The summed E-state index contributed by atoms with van der Waals surface area (Å²) < 4.78 is 18.8. The van der Waals surface area contributed by atoms with Crippen LogP contribution in [0, 0.1) is 5.82 Å². The number of morpholine rings is 1. The standard InChI is InChI=1S/C13H18FNO/c1-10(2)15-6-7-16-13(9-15)11-4-3-5-12(14)8-11/h3-5,8,10,13H,6-7,9H2,1-2H3. The molecule has 1 aliphatic heterocycles. The van der Waals surface area contributed by atoms with Gasteiger partial charge in [0.15, 0.2) is 0 Å². The molecule has 2 rings (SSSR count). The van der Waals surface area contributed by atoms with Crippen LogP contribution in [-0.2, 0) is 4.74 Å². The van der Waals surface area contributed by atoms with Crippen molar-refractivity contribution in [3.8, 4) is 0 Å². The zero-order valence-electron chi connectivity index (χ0n) is 9.82. The fourth-order valence-corrected chi connectivity index (χ4v) is 2.05. The van der Waals surface area contributed by atoms with Crippen LogP contribution in [0.5, 0.6) is 0 Å². The van der Waals surface area contributed by atoms with Crippen LogP contribution in [0.1, 0.15) is 25.5 Å². The van der Waals surface area contributed by atoms with Gasteiger partial charge in [-0.25, -0.2) is 4.39 Å². The summed E-state index contributed by atoms with van der Waals surface area (Å²) in [6, 6.07) is 7.21. The van der Waals surface area contributed by atoms with E-state index >= 15 is 0 Å². The smallest absolute Gasteiger partial charge is 0.123 e. The molecule has 1 aromatic rings. The summed E-state index contributed by atoms with van der Waals surface area (Å²) in [5, 5.41) is 0. The summed E-state index contributed by atoms with van der Waals surface area (Å²) in [6.45, 7) is 6.88. The Morgan fingerprint density at radius 3 is 2.94 bits per heavy atom. The predicted molar refractivity (Wildman–Crippen MR) is 61.8 cm³/mol. The van der Waals surface area contributed by atoms with Gasteiger partial charge in [0.2, 0.25) is 0 Å². The second-order valence-corrected chi connectivity index (χ2v) is 4.50. The van der Waals surface area contributed by atoms with E-state index in [0.717, 1.165) is 25.3 Å². The van der Waals surface area contributed by atoms with Crippen LogP contribution in [0.2, 0.25) is 0 Å². The second-order valence-electron chi connectivity index (χ2n) is 4.50. The molecule has 0 spiro atoms. The molecule has 1 heterocycles. The molecule has 1 aliphatic rings. The van der Waals surface area contributed by atoms with Gasteiger partial charge in [-0.15, -0.1) is 0 Å². The lowest BCUT2D eigenvalue weighted by molar-refractivity contribution is -0.0403. The first-order chi connectivity index (χ1) is 7.66. The van der Waals surface area contributed by atoms with E-state index < -0.39 is 0 Å². The molecule has 0 aromatic heterocycles. The van der Waals surface area contributed by atoms with Gasteiger partial charge in [0, 0.05) is 19.1 Å². The van der Waals surface area contributed by atoms with Gasteiger partial charge in [-0.3, -0.25) is 4.90 Å². The number of nitrogens with zero attached hydrogens (tertiary/aromatic N) is 1. The summed E-state index contributed by atoms with van der Waals surface area (Å²) in [7, 11) is 0. The zero-order valence-corrected chi connectivity index (χ0v) is 9.82. The van der Waals surface area contributed by atoms with Crippen LogP contribution in [0.3, 0.4) is 0 Å². The molecule has 0 radical (unpaired) electrons. The molecule has 1 aromatic carbocycles. The van der Waals surface area contributed by atoms with Crippen molar-refractivity contribution in [1.29, 1.82) is 0 Å². The number of benzene rings is 1. The average Bonchev–Trinajstić information content (AvgIpc) is 2.29. The molecule has 88 valence electrons. The summed E-state index contributed by atoms with van der Waals surface area (Å²) >= 11 is 0. The normalized spacial score (nSPS) is 22.6. The highest BCUT2D eigenvalue weighted by atomic mass is 19.1. The van der Waals surface area contributed by atoms with Crippen molar-refractivity contribution in [2.24, 2.45) is 0 Å². The first-order valence-electron chi connectivity index (χ1n) is 5.78. The minimum Gasteiger partial charge on any atom is -0.371 e. The Labute approximate surface area is 96.0 Å². The fourth-order valence-electron chi connectivity index (χ4n) is 2.05. The minimum absolute atomic E-state index is 0.00634. The van der Waals surface area contributed by atoms with Crippen LogP contribution in [0.4, 0.5) is 4.39 Å². The third-order valence-corrected chi connectivity index (χ3v) is 3.05. The topological polar surface area (TPSA) is 12.5 Å². The van der Waals surface area contributed by atoms with Gasteiger partial charge >= 0.3 is 0 Å². The minimum atomic E-state index is -0.192. The third-order valence-electron chi connectivity index (χ3n) is 3.05. The second kappa shape index (κ2) is 4.93. The maximum absolute atomic E-state index is 13.1. The largest absolute Gasteiger partial charge is 0.371 e. The Balaban J connectivity index is 2.09. The van der Waals surface area contributed by atoms with Gasteiger partial charge in [0.25, 0.3) is 0 Å². The molecule has 1 atom stereocenters. The van der Waals surface area contributed by atoms with Crippen molar-refractivity contribution in [2.75, 3.05) is 19.7 Å². The third kappa shape index (κ3) is 2.60. The Kier molecular flexibility index (Phi) is 3.56. The highest BCUT2D eigenvalue weighted by Gasteiger charge is 2.23. The van der Waals surface area contributed by atoms with E-state index in [-0.39, 0.29) is 11.9 Å². The highest BCUT2D eigenvalue weighted by Crippen LogP contribution is 2.23. The maximum Gasteiger partial charge on any atom is 0.123 e. The number of rotatable bonds is 2. The van der Waals surface area contributed by atoms with Gasteiger partial charge in [-0.2, -0.15) is 0 Å². The van der Waals surface area contributed by atoms with E-state index in [2.05, 4.69) is 18.7 Å². The van der Waals surface area contributed by atoms with Crippen LogP contribution >= 0.6 is 0 Å². The van der Waals surface area contributed by atoms with Gasteiger partial charge < -0.3 is 4.74 Å². The first-order valence-corrected chi connectivity index (χ1v) is 5.78. The maximum atomic E-state index is 13.1. The van der Waals surface area contributed by atoms with Crippen LogP contribution < -0.4 is 0 Å². The summed E-state index contributed by atoms with van der Waals surface area (Å²) in [4.78, 5) is 2.36. The molecule has 16 heavy (non-hydrogen) atoms. The molecule has 1 unspecified atom stereocenters. The molecule has 0 bridgehead atoms. The summed E-state index contributed by atoms with van der Waals surface area (Å²) in [5.74, 6) is -0.192. The SMILES string of the molecule is CC(C)N1CCOC(c2cccc(F)c2)C1. The lowest BCUT2D eigenvalue weighted by Crippen LogP contribution is -2.42. The Hall–Kier alpha value is -0.930. The molecular formula is C13H18FNO. The number of ether oxygens (including phenoxy) is 1. The fraction of sp³-hybridized carbons (Fsp3) is 0.538. The van der Waals surface area contributed by atoms with E-state index in [9.17, 15) is 4.39 Å². The Morgan fingerprint density at radius 2 is 2.25 bits per heavy atom. The quantitative estimate of drug-likeness (QED) is 0.764. The van der Waals surface area contributed by atoms with Gasteiger partial charge in [-0.1, -0.05) is 12.1 Å². The molecule has 1 saturated heterocycles. The molecule has 0 amide bonds. The molecule has 2 nitrogen and oxygen atoms in total. The van der Waals surface area contributed by atoms with E-state index in [4.69, 9.17) is 4.74 Å². The van der Waals surface area contributed by atoms with Crippen molar-refractivity contribution in [3.05, 3.63) is 35.6 Å². The van der Waals surface area contributed by atoms with Crippen LogP contribution in [0.15, 0.2) is 24.3 Å². The van der Waals surface area contributed by atoms with Crippen molar-refractivity contribution in [3.63, 3.8) is 0 Å². The molecule has 1 fully saturated rings. The van der Waals surface area contributed by atoms with Crippen LogP contribution in [0.25, 0.3) is 0 Å².